The molecule has 0 aromatic heterocycles. The van der Waals surface area contributed by atoms with E-state index < -0.39 is 18.0 Å². The summed E-state index contributed by atoms with van der Waals surface area (Å²) < 4.78 is 4.60. The third-order valence-electron chi connectivity index (χ3n) is 3.77. The van der Waals surface area contributed by atoms with E-state index in [0.717, 1.165) is 11.1 Å². The lowest BCUT2D eigenvalue weighted by Crippen LogP contribution is -2.45. The van der Waals surface area contributed by atoms with E-state index in [-0.39, 0.29) is 5.92 Å². The Morgan fingerprint density at radius 1 is 0.958 bits per heavy atom. The number of carbonyl (C=O) groups is 2. The Bertz CT molecular complexity index is 619. The minimum absolute atomic E-state index is 0.0339. The molecule has 1 unspecified atom stereocenters. The van der Waals surface area contributed by atoms with Gasteiger partial charge < -0.3 is 15.4 Å². The number of rotatable bonds is 6. The molecule has 1 atom stereocenters. The molecule has 0 saturated carbocycles. The lowest BCUT2D eigenvalue weighted by molar-refractivity contribution is -0.142. The highest BCUT2D eigenvalue weighted by Gasteiger charge is 2.18. The molecule has 5 heteroatoms. The van der Waals surface area contributed by atoms with Crippen molar-refractivity contribution in [1.29, 1.82) is 0 Å². The number of esters is 1. The van der Waals surface area contributed by atoms with Crippen molar-refractivity contribution in [3.63, 3.8) is 0 Å². The maximum Gasteiger partial charge on any atom is 0.328 e. The summed E-state index contributed by atoms with van der Waals surface area (Å²) >= 11 is 0. The summed E-state index contributed by atoms with van der Waals surface area (Å²) in [4.78, 5) is 23.4. The zero-order chi connectivity index (χ0) is 17.4. The molecule has 5 nitrogen and oxygen atoms in total. The third-order valence-corrected chi connectivity index (χ3v) is 3.77. The Morgan fingerprint density at radius 3 is 1.92 bits per heavy atom. The van der Waals surface area contributed by atoms with Crippen molar-refractivity contribution >= 4 is 12.0 Å². The highest BCUT2D eigenvalue weighted by atomic mass is 16.5. The van der Waals surface area contributed by atoms with Gasteiger partial charge >= 0.3 is 12.0 Å². The molecule has 0 radical (unpaired) electrons. The first kappa shape index (κ1) is 17.5. The molecule has 0 fully saturated rings. The van der Waals surface area contributed by atoms with Crippen molar-refractivity contribution in [2.45, 2.75) is 18.9 Å². The Labute approximate surface area is 142 Å². The zero-order valence-electron chi connectivity index (χ0n) is 13.9. The van der Waals surface area contributed by atoms with Gasteiger partial charge in [-0.3, -0.25) is 0 Å². The largest absolute Gasteiger partial charge is 0.467 e. The fraction of sp³-hybridized carbons (Fsp3) is 0.263. The standard InChI is InChI=1S/C19H22N2O3/c1-14(18(22)24-2)21-19(23)20-13-17(15-9-5-3-6-10-15)16-11-7-4-8-12-16/h3-12,14,17H,13H2,1-2H3,(H2,20,21,23). The maximum atomic E-state index is 12.0. The summed E-state index contributed by atoms with van der Waals surface area (Å²) in [5, 5.41) is 5.40. The van der Waals surface area contributed by atoms with E-state index in [1.807, 2.05) is 60.7 Å². The lowest BCUT2D eigenvalue weighted by Gasteiger charge is -2.20. The van der Waals surface area contributed by atoms with E-state index in [4.69, 9.17) is 0 Å². The Morgan fingerprint density at radius 2 is 1.46 bits per heavy atom. The predicted octanol–water partition coefficient (Wildman–Crippen LogP) is 2.68. The smallest absolute Gasteiger partial charge is 0.328 e. The summed E-state index contributed by atoms with van der Waals surface area (Å²) in [5.74, 6) is -0.445. The van der Waals surface area contributed by atoms with Crippen molar-refractivity contribution in [3.8, 4) is 0 Å². The van der Waals surface area contributed by atoms with Crippen molar-refractivity contribution in [1.82, 2.24) is 10.6 Å². The number of ether oxygens (including phenoxy) is 1. The van der Waals surface area contributed by atoms with Crippen LogP contribution in [0.25, 0.3) is 0 Å². The van der Waals surface area contributed by atoms with E-state index in [1.54, 1.807) is 6.92 Å². The number of urea groups is 1. The van der Waals surface area contributed by atoms with Crippen LogP contribution in [-0.4, -0.2) is 31.7 Å². The van der Waals surface area contributed by atoms with Crippen LogP contribution in [0.2, 0.25) is 0 Å². The minimum atomic E-state index is -0.693. The number of benzene rings is 2. The van der Waals surface area contributed by atoms with Gasteiger partial charge in [-0.25, -0.2) is 9.59 Å². The molecular formula is C19H22N2O3. The van der Waals surface area contributed by atoms with Crippen LogP contribution < -0.4 is 10.6 Å². The molecule has 2 N–H and O–H groups in total. The van der Waals surface area contributed by atoms with Crippen LogP contribution in [0.4, 0.5) is 4.79 Å². The fourth-order valence-corrected chi connectivity index (χ4v) is 2.48. The lowest BCUT2D eigenvalue weighted by atomic mass is 9.91. The average Bonchev–Trinajstić information content (AvgIpc) is 2.63. The number of carbonyl (C=O) groups excluding carboxylic acids is 2. The Balaban J connectivity index is 2.04. The van der Waals surface area contributed by atoms with Gasteiger partial charge in [0.1, 0.15) is 6.04 Å². The van der Waals surface area contributed by atoms with Crippen molar-refractivity contribution in [3.05, 3.63) is 71.8 Å². The van der Waals surface area contributed by atoms with Crippen LogP contribution in [0.3, 0.4) is 0 Å². The molecule has 0 heterocycles. The SMILES string of the molecule is COC(=O)C(C)NC(=O)NCC(c1ccccc1)c1ccccc1. The molecule has 2 rings (SSSR count). The molecule has 126 valence electrons. The van der Waals surface area contributed by atoms with Crippen molar-refractivity contribution in [2.24, 2.45) is 0 Å². The molecule has 0 aliphatic heterocycles. The monoisotopic (exact) mass is 326 g/mol. The molecular weight excluding hydrogens is 304 g/mol. The van der Waals surface area contributed by atoms with Gasteiger partial charge in [0.05, 0.1) is 7.11 Å². The fourth-order valence-electron chi connectivity index (χ4n) is 2.48. The highest BCUT2D eigenvalue weighted by Crippen LogP contribution is 2.23. The van der Waals surface area contributed by atoms with Gasteiger partial charge in [0, 0.05) is 12.5 Å². The van der Waals surface area contributed by atoms with Gasteiger partial charge in [0.2, 0.25) is 0 Å². The topological polar surface area (TPSA) is 67.4 Å². The summed E-state index contributed by atoms with van der Waals surface area (Å²) in [6.07, 6.45) is 0. The van der Waals surface area contributed by atoms with Crippen LogP contribution in [-0.2, 0) is 9.53 Å². The number of methoxy groups -OCH3 is 1. The van der Waals surface area contributed by atoms with E-state index in [2.05, 4.69) is 15.4 Å². The van der Waals surface area contributed by atoms with Crippen molar-refractivity contribution < 1.29 is 14.3 Å². The molecule has 0 aliphatic rings. The molecule has 2 aromatic rings. The van der Waals surface area contributed by atoms with Crippen LogP contribution in [0.5, 0.6) is 0 Å². The molecule has 2 aromatic carbocycles. The summed E-state index contributed by atoms with van der Waals surface area (Å²) in [6, 6.07) is 18.9. The predicted molar refractivity (Wildman–Crippen MR) is 92.7 cm³/mol. The van der Waals surface area contributed by atoms with Gasteiger partial charge in [-0.1, -0.05) is 60.7 Å². The third kappa shape index (κ3) is 4.84. The van der Waals surface area contributed by atoms with E-state index in [1.165, 1.54) is 7.11 Å². The summed E-state index contributed by atoms with van der Waals surface area (Å²) in [6.45, 7) is 2.01. The number of hydrogen-bond donors (Lipinski definition) is 2. The second kappa shape index (κ2) is 8.72. The van der Waals surface area contributed by atoms with Gasteiger partial charge in [0.25, 0.3) is 0 Å². The second-order valence-corrected chi connectivity index (χ2v) is 5.47. The van der Waals surface area contributed by atoms with Gasteiger partial charge in [-0.05, 0) is 18.1 Å². The molecule has 0 saturated heterocycles. The number of amides is 2. The first-order valence-electron chi connectivity index (χ1n) is 7.84. The summed E-state index contributed by atoms with van der Waals surface area (Å²) in [7, 11) is 1.29. The molecule has 24 heavy (non-hydrogen) atoms. The average molecular weight is 326 g/mol. The molecule has 0 bridgehead atoms. The van der Waals surface area contributed by atoms with Crippen molar-refractivity contribution in [2.75, 3.05) is 13.7 Å². The maximum absolute atomic E-state index is 12.0. The molecule has 0 aliphatic carbocycles. The normalized spacial score (nSPS) is 11.6. The molecule has 0 spiro atoms. The van der Waals surface area contributed by atoms with Gasteiger partial charge in [0.15, 0.2) is 0 Å². The Hall–Kier alpha value is -2.82. The zero-order valence-corrected chi connectivity index (χ0v) is 13.9. The number of hydrogen-bond acceptors (Lipinski definition) is 3. The number of nitrogens with one attached hydrogen (secondary N) is 2. The van der Waals surface area contributed by atoms with Gasteiger partial charge in [-0.15, -0.1) is 0 Å². The van der Waals surface area contributed by atoms with Gasteiger partial charge in [-0.2, -0.15) is 0 Å². The Kier molecular flexibility index (Phi) is 6.37. The summed E-state index contributed by atoms with van der Waals surface area (Å²) in [5.41, 5.74) is 2.23. The second-order valence-electron chi connectivity index (χ2n) is 5.47. The van der Waals surface area contributed by atoms with E-state index in [9.17, 15) is 9.59 Å². The quantitative estimate of drug-likeness (QED) is 0.802. The minimum Gasteiger partial charge on any atom is -0.467 e. The first-order valence-corrected chi connectivity index (χ1v) is 7.84. The van der Waals surface area contributed by atoms with Crippen LogP contribution in [0, 0.1) is 0 Å². The van der Waals surface area contributed by atoms with Crippen LogP contribution in [0.1, 0.15) is 24.0 Å². The van der Waals surface area contributed by atoms with E-state index >= 15 is 0 Å². The molecule has 2 amide bonds. The van der Waals surface area contributed by atoms with E-state index in [0.29, 0.717) is 6.54 Å². The first-order chi connectivity index (χ1) is 11.6. The van der Waals surface area contributed by atoms with Crippen LogP contribution >= 0.6 is 0 Å². The highest BCUT2D eigenvalue weighted by molar-refractivity contribution is 5.83. The van der Waals surface area contributed by atoms with Crippen LogP contribution in [0.15, 0.2) is 60.7 Å².